The number of hydrogen-bond donors (Lipinski definition) is 0. The fraction of sp³-hybridized carbons (Fsp3) is 0. The Morgan fingerprint density at radius 3 is 0.822 bits per heavy atom. The van der Waals surface area contributed by atoms with Crippen molar-refractivity contribution in [2.75, 3.05) is 9.80 Å². The van der Waals surface area contributed by atoms with E-state index >= 15 is 0 Å². The smallest absolute Gasteiger partial charge is 0.0542 e. The zero-order chi connectivity index (χ0) is 59.7. The molecule has 0 aliphatic heterocycles. The summed E-state index contributed by atoms with van der Waals surface area (Å²) in [5, 5.41) is 4.78. The lowest BCUT2D eigenvalue weighted by molar-refractivity contribution is 1.18. The normalized spacial score (nSPS) is 11.5. The lowest BCUT2D eigenvalue weighted by atomic mass is 9.98. The Hall–Kier alpha value is -12.0. The van der Waals surface area contributed by atoms with Crippen LogP contribution in [-0.2, 0) is 0 Å². The second-order valence-electron chi connectivity index (χ2n) is 23.0. The highest BCUT2D eigenvalue weighted by atomic mass is 15.1. The van der Waals surface area contributed by atoms with Crippen LogP contribution in [0.3, 0.4) is 0 Å². The third-order valence-electron chi connectivity index (χ3n) is 17.4. The molecule has 2 heterocycles. The first kappa shape index (κ1) is 53.5. The zero-order valence-electron chi connectivity index (χ0n) is 49.4. The molecule has 4 heteroatoms. The zero-order valence-corrected chi connectivity index (χ0v) is 49.4. The molecule has 0 aliphatic rings. The Morgan fingerprint density at radius 2 is 0.456 bits per heavy atom. The molecule has 0 radical (unpaired) electrons. The number of aromatic nitrogens is 2. The summed E-state index contributed by atoms with van der Waals surface area (Å²) in [7, 11) is 0. The topological polar surface area (TPSA) is 16.3 Å². The van der Waals surface area contributed by atoms with Gasteiger partial charge in [0.25, 0.3) is 0 Å². The molecule has 4 nitrogen and oxygen atoms in total. The van der Waals surface area contributed by atoms with Crippen molar-refractivity contribution < 1.29 is 0 Å². The van der Waals surface area contributed by atoms with Crippen molar-refractivity contribution in [3.63, 3.8) is 0 Å². The molecule has 424 valence electrons. The van der Waals surface area contributed by atoms with Gasteiger partial charge in [-0.1, -0.05) is 218 Å². The van der Waals surface area contributed by atoms with Crippen molar-refractivity contribution in [3.8, 4) is 55.9 Å². The van der Waals surface area contributed by atoms with E-state index in [1.165, 1.54) is 77.1 Å². The van der Waals surface area contributed by atoms with Crippen molar-refractivity contribution >= 4 is 89.9 Å². The Labute approximate surface area is 524 Å². The second-order valence-corrected chi connectivity index (χ2v) is 23.0. The van der Waals surface area contributed by atoms with Crippen molar-refractivity contribution in [1.29, 1.82) is 0 Å². The van der Waals surface area contributed by atoms with Crippen molar-refractivity contribution in [1.82, 2.24) is 9.13 Å². The maximum Gasteiger partial charge on any atom is 0.0542 e. The number of fused-ring (bicyclic) bond motifs is 6. The van der Waals surface area contributed by atoms with Gasteiger partial charge in [0.1, 0.15) is 0 Å². The van der Waals surface area contributed by atoms with E-state index in [-0.39, 0.29) is 0 Å². The van der Waals surface area contributed by atoms with Crippen molar-refractivity contribution in [2.45, 2.75) is 0 Å². The quantitative estimate of drug-likeness (QED) is 0.101. The number of rotatable bonds is 14. The van der Waals surface area contributed by atoms with Gasteiger partial charge in [-0.3, -0.25) is 0 Å². The van der Waals surface area contributed by atoms with Gasteiger partial charge < -0.3 is 18.9 Å². The Kier molecular flexibility index (Phi) is 13.9. The maximum absolute atomic E-state index is 2.40. The van der Waals surface area contributed by atoms with Crippen LogP contribution in [0.15, 0.2) is 352 Å². The minimum absolute atomic E-state index is 1.07. The number of hydrogen-bond acceptors (Lipinski definition) is 2. The molecule has 0 spiro atoms. The molecule has 0 saturated heterocycles. The molecule has 2 aromatic heterocycles. The predicted octanol–water partition coefficient (Wildman–Crippen LogP) is 23.7. The molecule has 0 aliphatic carbocycles. The minimum atomic E-state index is 1.07. The largest absolute Gasteiger partial charge is 0.310 e. The van der Waals surface area contributed by atoms with E-state index in [0.717, 1.165) is 67.7 Å². The molecule has 0 fully saturated rings. The van der Waals surface area contributed by atoms with Crippen LogP contribution in [-0.4, -0.2) is 9.13 Å². The van der Waals surface area contributed by atoms with E-state index in [1.54, 1.807) is 0 Å². The average molecular weight is 1150 g/mol. The van der Waals surface area contributed by atoms with Gasteiger partial charge in [-0.05, 0) is 201 Å². The van der Waals surface area contributed by atoms with Crippen LogP contribution in [0.2, 0.25) is 0 Å². The third-order valence-corrected chi connectivity index (χ3v) is 17.4. The van der Waals surface area contributed by atoms with Gasteiger partial charge in [0, 0.05) is 67.0 Å². The molecule has 16 rings (SSSR count). The van der Waals surface area contributed by atoms with Crippen LogP contribution in [0.5, 0.6) is 0 Å². The van der Waals surface area contributed by atoms with Gasteiger partial charge in [-0.25, -0.2) is 0 Å². The van der Waals surface area contributed by atoms with E-state index in [0.29, 0.717) is 0 Å². The first-order valence-corrected chi connectivity index (χ1v) is 30.8. The summed E-state index contributed by atoms with van der Waals surface area (Å²) < 4.78 is 4.79. The summed E-state index contributed by atoms with van der Waals surface area (Å²) in [5.74, 6) is 0. The van der Waals surface area contributed by atoms with E-state index in [2.05, 4.69) is 383 Å². The fourth-order valence-electron chi connectivity index (χ4n) is 13.1. The summed E-state index contributed by atoms with van der Waals surface area (Å²) in [5.41, 5.74) is 25.2. The summed E-state index contributed by atoms with van der Waals surface area (Å²) >= 11 is 0. The minimum Gasteiger partial charge on any atom is -0.310 e. The van der Waals surface area contributed by atoms with Crippen LogP contribution < -0.4 is 9.80 Å². The predicted molar refractivity (Wildman–Crippen MR) is 382 cm³/mol. The maximum atomic E-state index is 2.40. The number of para-hydroxylation sites is 4. The summed E-state index contributed by atoms with van der Waals surface area (Å²) in [4.78, 5) is 4.73. The van der Waals surface area contributed by atoms with Gasteiger partial charge in [-0.15, -0.1) is 0 Å². The van der Waals surface area contributed by atoms with E-state index in [4.69, 9.17) is 0 Å². The van der Waals surface area contributed by atoms with E-state index in [1.807, 2.05) is 0 Å². The molecule has 0 amide bonds. The molecular weight excluding hydrogens is 1090 g/mol. The first-order chi connectivity index (χ1) is 44.6. The van der Waals surface area contributed by atoms with Gasteiger partial charge >= 0.3 is 0 Å². The monoisotopic (exact) mass is 1150 g/mol. The van der Waals surface area contributed by atoms with Crippen molar-refractivity contribution in [3.05, 3.63) is 363 Å². The molecular formula is C86H60N4. The SMILES string of the molecule is C(=C\c1ccc(N(c2ccccc2)c2ccc3c(c2)c2cc(-c4cccc(-c5ccccc5)c4)ccc2n3-c2ccccc2)cc1)/c1ccc(N(c2ccccc2)c2ccc3c(c2)c2cc(-c4cccc(-c5ccccc5)c4)ccc2n3-c2ccccc2)cc1. The van der Waals surface area contributed by atoms with Crippen molar-refractivity contribution in [2.24, 2.45) is 0 Å². The molecule has 14 aromatic carbocycles. The summed E-state index contributed by atoms with van der Waals surface area (Å²) in [6, 6.07) is 127. The number of nitrogens with zero attached hydrogens (tertiary/aromatic N) is 4. The summed E-state index contributed by atoms with van der Waals surface area (Å²) in [6.45, 7) is 0. The van der Waals surface area contributed by atoms with Gasteiger partial charge in [0.15, 0.2) is 0 Å². The van der Waals surface area contributed by atoms with Crippen LogP contribution >= 0.6 is 0 Å². The van der Waals surface area contributed by atoms with Crippen LogP contribution in [0.25, 0.3) is 112 Å². The lowest BCUT2D eigenvalue weighted by Crippen LogP contribution is -2.09. The molecule has 0 bridgehead atoms. The Bertz CT molecular complexity index is 4920. The Morgan fingerprint density at radius 1 is 0.189 bits per heavy atom. The number of anilines is 6. The molecule has 0 unspecified atom stereocenters. The van der Waals surface area contributed by atoms with E-state index in [9.17, 15) is 0 Å². The standard InChI is InChI=1S/C86H60N4/c1-7-21-63(22-8-1)65-25-19-27-67(55-65)69-43-51-83-79(57-69)81-59-77(49-53-85(81)89(83)73-33-15-5-16-34-73)87(71-29-11-3-12-30-71)75-45-39-61(40-46-75)37-38-62-41-47-76(48-42-62)88(72-31-13-4-14-32-72)78-50-54-86-82(60-78)80-58-70(44-52-84(80)90(86)74-35-17-6-18-36-74)68-28-20-26-66(56-68)64-23-9-2-10-24-64/h1-60H/b38-37+. The summed E-state index contributed by atoms with van der Waals surface area (Å²) in [6.07, 6.45) is 4.42. The van der Waals surface area contributed by atoms with Gasteiger partial charge in [0.05, 0.1) is 22.1 Å². The second kappa shape index (κ2) is 23.4. The highest BCUT2D eigenvalue weighted by Crippen LogP contribution is 2.44. The Balaban J connectivity index is 0.718. The molecule has 0 N–H and O–H groups in total. The van der Waals surface area contributed by atoms with Gasteiger partial charge in [0.2, 0.25) is 0 Å². The highest BCUT2D eigenvalue weighted by Gasteiger charge is 2.21. The highest BCUT2D eigenvalue weighted by molar-refractivity contribution is 6.13. The van der Waals surface area contributed by atoms with Crippen LogP contribution in [0.4, 0.5) is 34.1 Å². The molecule has 0 atom stereocenters. The van der Waals surface area contributed by atoms with Crippen LogP contribution in [0, 0.1) is 0 Å². The molecule has 90 heavy (non-hydrogen) atoms. The fourth-order valence-corrected chi connectivity index (χ4v) is 13.1. The lowest BCUT2D eigenvalue weighted by Gasteiger charge is -2.26. The molecule has 16 aromatic rings. The number of benzene rings is 14. The molecule has 0 saturated carbocycles. The van der Waals surface area contributed by atoms with Crippen LogP contribution in [0.1, 0.15) is 11.1 Å². The van der Waals surface area contributed by atoms with E-state index < -0.39 is 0 Å². The first-order valence-electron chi connectivity index (χ1n) is 30.8. The average Bonchev–Trinajstić information content (AvgIpc) is 1.62. The van der Waals surface area contributed by atoms with Gasteiger partial charge in [-0.2, -0.15) is 0 Å². The third kappa shape index (κ3) is 10.2.